The number of carbonyl (C=O) groups excluding carboxylic acids is 2. The summed E-state index contributed by atoms with van der Waals surface area (Å²) < 4.78 is 5.51. The summed E-state index contributed by atoms with van der Waals surface area (Å²) in [6.45, 7) is 3.04. The van der Waals surface area contributed by atoms with Crippen molar-refractivity contribution in [2.45, 2.75) is 38.6 Å². The van der Waals surface area contributed by atoms with Gasteiger partial charge in [-0.05, 0) is 50.5 Å². The molecule has 2 amide bonds. The molecule has 1 unspecified atom stereocenters. The van der Waals surface area contributed by atoms with Gasteiger partial charge in [0.2, 0.25) is 5.91 Å². The number of amides is 2. The van der Waals surface area contributed by atoms with Gasteiger partial charge in [-0.25, -0.2) is 0 Å². The fraction of sp³-hybridized carbons (Fsp3) is 0.400. The molecule has 0 aliphatic carbocycles. The van der Waals surface area contributed by atoms with Crippen molar-refractivity contribution >= 4 is 11.8 Å². The molecule has 2 aromatic rings. The van der Waals surface area contributed by atoms with Gasteiger partial charge >= 0.3 is 0 Å². The van der Waals surface area contributed by atoms with E-state index in [1.54, 1.807) is 17.0 Å². The van der Waals surface area contributed by atoms with Crippen molar-refractivity contribution in [3.05, 3.63) is 59.5 Å². The van der Waals surface area contributed by atoms with E-state index in [1.165, 1.54) is 0 Å². The largest absolute Gasteiger partial charge is 0.466 e. The Kier molecular flexibility index (Phi) is 5.53. The summed E-state index contributed by atoms with van der Waals surface area (Å²) in [6.07, 6.45) is 3.27. The average Bonchev–Trinajstić information content (AvgIpc) is 3.07. The number of piperidine rings is 1. The van der Waals surface area contributed by atoms with Crippen LogP contribution in [0.15, 0.2) is 46.9 Å². The summed E-state index contributed by atoms with van der Waals surface area (Å²) in [5.41, 5.74) is 0.633. The minimum absolute atomic E-state index is 0.0675. The van der Waals surface area contributed by atoms with Crippen LogP contribution in [0.5, 0.6) is 0 Å². The lowest BCUT2D eigenvalue weighted by Gasteiger charge is -2.34. The van der Waals surface area contributed by atoms with Crippen LogP contribution in [0, 0.1) is 6.92 Å². The summed E-state index contributed by atoms with van der Waals surface area (Å²) in [6, 6.07) is 12.6. The predicted molar refractivity (Wildman–Crippen MR) is 95.3 cm³/mol. The van der Waals surface area contributed by atoms with Crippen LogP contribution >= 0.6 is 0 Å². The highest BCUT2D eigenvalue weighted by Crippen LogP contribution is 2.20. The van der Waals surface area contributed by atoms with Crippen LogP contribution in [0.4, 0.5) is 0 Å². The molecule has 1 aromatic heterocycles. The molecule has 25 heavy (non-hydrogen) atoms. The molecule has 5 nitrogen and oxygen atoms in total. The number of nitrogens with one attached hydrogen (secondary N) is 1. The molecule has 1 aliphatic rings. The molecule has 1 aromatic carbocycles. The molecule has 1 fully saturated rings. The first kappa shape index (κ1) is 17.3. The van der Waals surface area contributed by atoms with Crippen LogP contribution < -0.4 is 5.32 Å². The smallest absolute Gasteiger partial charge is 0.254 e. The van der Waals surface area contributed by atoms with E-state index in [0.29, 0.717) is 31.5 Å². The monoisotopic (exact) mass is 340 g/mol. The topological polar surface area (TPSA) is 62.6 Å². The molecule has 2 heterocycles. The van der Waals surface area contributed by atoms with Gasteiger partial charge in [0.15, 0.2) is 0 Å². The number of rotatable bonds is 5. The van der Waals surface area contributed by atoms with Crippen molar-refractivity contribution in [3.8, 4) is 0 Å². The number of furan rings is 1. The van der Waals surface area contributed by atoms with Crippen LogP contribution in [0.2, 0.25) is 0 Å². The van der Waals surface area contributed by atoms with Crippen molar-refractivity contribution < 1.29 is 14.0 Å². The number of hydrogen-bond donors (Lipinski definition) is 1. The highest BCUT2D eigenvalue weighted by molar-refractivity contribution is 5.97. The zero-order valence-electron chi connectivity index (χ0n) is 14.5. The maximum Gasteiger partial charge on any atom is 0.254 e. The first-order valence-electron chi connectivity index (χ1n) is 8.84. The van der Waals surface area contributed by atoms with Crippen LogP contribution in [0.25, 0.3) is 0 Å². The first-order chi connectivity index (χ1) is 12.1. The third kappa shape index (κ3) is 4.29. The van der Waals surface area contributed by atoms with Crippen molar-refractivity contribution in [1.29, 1.82) is 0 Å². The van der Waals surface area contributed by atoms with Gasteiger partial charge < -0.3 is 14.6 Å². The first-order valence-corrected chi connectivity index (χ1v) is 8.84. The summed E-state index contributed by atoms with van der Waals surface area (Å²) in [5, 5.41) is 2.95. The van der Waals surface area contributed by atoms with E-state index in [1.807, 2.05) is 37.3 Å². The lowest BCUT2D eigenvalue weighted by atomic mass is 10.00. The molecule has 1 atom stereocenters. The van der Waals surface area contributed by atoms with Gasteiger partial charge in [0, 0.05) is 25.1 Å². The average molecular weight is 340 g/mol. The maximum atomic E-state index is 12.7. The van der Waals surface area contributed by atoms with E-state index in [-0.39, 0.29) is 17.9 Å². The Hall–Kier alpha value is -2.56. The minimum atomic E-state index is -0.389. The molecule has 1 N–H and O–H groups in total. The molecule has 5 heteroatoms. The van der Waals surface area contributed by atoms with E-state index in [9.17, 15) is 9.59 Å². The lowest BCUT2D eigenvalue weighted by molar-refractivity contribution is -0.126. The second kappa shape index (κ2) is 8.01. The SMILES string of the molecule is Cc1ccc(CCNC(=O)C2CCCCN2C(=O)c2ccccc2)o1. The molecule has 0 bridgehead atoms. The minimum Gasteiger partial charge on any atom is -0.466 e. The Morgan fingerprint density at radius 1 is 1.16 bits per heavy atom. The molecule has 0 radical (unpaired) electrons. The molecule has 0 spiro atoms. The van der Waals surface area contributed by atoms with Crippen LogP contribution in [0.1, 0.15) is 41.1 Å². The van der Waals surface area contributed by atoms with Gasteiger partial charge in [-0.15, -0.1) is 0 Å². The van der Waals surface area contributed by atoms with Gasteiger partial charge in [0.25, 0.3) is 5.91 Å². The van der Waals surface area contributed by atoms with Crippen LogP contribution in [0.3, 0.4) is 0 Å². The normalized spacial score (nSPS) is 17.3. The van der Waals surface area contributed by atoms with E-state index >= 15 is 0 Å². The van der Waals surface area contributed by atoms with Gasteiger partial charge in [-0.2, -0.15) is 0 Å². The molecule has 132 valence electrons. The number of benzene rings is 1. The second-order valence-corrected chi connectivity index (χ2v) is 6.43. The fourth-order valence-electron chi connectivity index (χ4n) is 3.24. The zero-order chi connectivity index (χ0) is 17.6. The number of likely N-dealkylation sites (tertiary alicyclic amines) is 1. The second-order valence-electron chi connectivity index (χ2n) is 6.43. The number of aryl methyl sites for hydroxylation is 1. The van der Waals surface area contributed by atoms with Crippen molar-refractivity contribution in [2.24, 2.45) is 0 Å². The number of hydrogen-bond acceptors (Lipinski definition) is 3. The molecule has 0 saturated carbocycles. The molecular formula is C20H24N2O3. The van der Waals surface area contributed by atoms with Crippen molar-refractivity contribution in [2.75, 3.05) is 13.1 Å². The number of nitrogens with zero attached hydrogens (tertiary/aromatic N) is 1. The maximum absolute atomic E-state index is 12.7. The van der Waals surface area contributed by atoms with Crippen molar-refractivity contribution in [3.63, 3.8) is 0 Å². The Morgan fingerprint density at radius 2 is 1.96 bits per heavy atom. The highest BCUT2D eigenvalue weighted by Gasteiger charge is 2.32. The van der Waals surface area contributed by atoms with Crippen LogP contribution in [-0.4, -0.2) is 35.8 Å². The summed E-state index contributed by atoms with van der Waals surface area (Å²) in [5.74, 6) is 1.58. The number of carbonyl (C=O) groups is 2. The molecule has 1 saturated heterocycles. The van der Waals surface area contributed by atoms with Gasteiger partial charge in [-0.1, -0.05) is 18.2 Å². The molecular weight excluding hydrogens is 316 g/mol. The van der Waals surface area contributed by atoms with Gasteiger partial charge in [-0.3, -0.25) is 9.59 Å². The summed E-state index contributed by atoms with van der Waals surface area (Å²) in [4.78, 5) is 27.1. The summed E-state index contributed by atoms with van der Waals surface area (Å²) in [7, 11) is 0. The van der Waals surface area contributed by atoms with Gasteiger partial charge in [0.05, 0.1) is 0 Å². The standard InChI is InChI=1S/C20H24N2O3/c1-15-10-11-17(25-15)12-13-21-19(23)18-9-5-6-14-22(18)20(24)16-7-3-2-4-8-16/h2-4,7-8,10-11,18H,5-6,9,12-14H2,1H3,(H,21,23). The molecule has 1 aliphatic heterocycles. The Labute approximate surface area is 148 Å². The van der Waals surface area contributed by atoms with E-state index in [2.05, 4.69) is 5.32 Å². The fourth-order valence-corrected chi connectivity index (χ4v) is 3.24. The quantitative estimate of drug-likeness (QED) is 0.910. The molecule has 3 rings (SSSR count). The van der Waals surface area contributed by atoms with E-state index in [0.717, 1.165) is 24.4 Å². The van der Waals surface area contributed by atoms with Crippen LogP contribution in [-0.2, 0) is 11.2 Å². The highest BCUT2D eigenvalue weighted by atomic mass is 16.3. The Balaban J connectivity index is 1.60. The van der Waals surface area contributed by atoms with E-state index in [4.69, 9.17) is 4.42 Å². The summed E-state index contributed by atoms with van der Waals surface area (Å²) >= 11 is 0. The van der Waals surface area contributed by atoms with Crippen molar-refractivity contribution in [1.82, 2.24) is 10.2 Å². The third-order valence-electron chi connectivity index (χ3n) is 4.55. The Morgan fingerprint density at radius 3 is 2.68 bits per heavy atom. The van der Waals surface area contributed by atoms with Gasteiger partial charge in [0.1, 0.15) is 17.6 Å². The van der Waals surface area contributed by atoms with E-state index < -0.39 is 0 Å². The Bertz CT molecular complexity index is 724. The third-order valence-corrected chi connectivity index (χ3v) is 4.55. The lowest BCUT2D eigenvalue weighted by Crippen LogP contribution is -2.52. The zero-order valence-corrected chi connectivity index (χ0v) is 14.5. The predicted octanol–water partition coefficient (Wildman–Crippen LogP) is 2.94.